The van der Waals surface area contributed by atoms with E-state index in [4.69, 9.17) is 16.1 Å². The van der Waals surface area contributed by atoms with Crippen molar-refractivity contribution in [3.8, 4) is 5.69 Å². The molecule has 4 rings (SSSR count). The molecule has 1 aromatic carbocycles. The zero-order valence-electron chi connectivity index (χ0n) is 17.9. The van der Waals surface area contributed by atoms with Crippen LogP contribution in [0.2, 0.25) is 5.02 Å². The SMILES string of the molecule is Cc1noc(C)c1CN1CCN(C(=O)c2cc(C)n(-c3cccc(Cl)c3)c2C)CC1. The van der Waals surface area contributed by atoms with Crippen molar-refractivity contribution in [3.05, 3.63) is 69.3 Å². The van der Waals surface area contributed by atoms with E-state index in [-0.39, 0.29) is 5.91 Å². The van der Waals surface area contributed by atoms with Gasteiger partial charge in [0.2, 0.25) is 0 Å². The van der Waals surface area contributed by atoms with Crippen LogP contribution in [0.15, 0.2) is 34.9 Å². The predicted octanol–water partition coefficient (Wildman–Crippen LogP) is 4.31. The summed E-state index contributed by atoms with van der Waals surface area (Å²) in [5.74, 6) is 0.966. The zero-order valence-corrected chi connectivity index (χ0v) is 18.7. The van der Waals surface area contributed by atoms with Crippen molar-refractivity contribution in [3.63, 3.8) is 0 Å². The van der Waals surface area contributed by atoms with Crippen LogP contribution in [0.1, 0.15) is 38.8 Å². The molecule has 0 radical (unpaired) electrons. The molecule has 1 fully saturated rings. The molecular formula is C23H27ClN4O2. The van der Waals surface area contributed by atoms with Crippen LogP contribution in [0.5, 0.6) is 0 Å². The number of piperazine rings is 1. The van der Waals surface area contributed by atoms with Crippen molar-refractivity contribution >= 4 is 17.5 Å². The molecule has 0 N–H and O–H groups in total. The molecule has 3 heterocycles. The molecule has 2 aromatic heterocycles. The van der Waals surface area contributed by atoms with Gasteiger partial charge < -0.3 is 14.0 Å². The summed E-state index contributed by atoms with van der Waals surface area (Å²) in [7, 11) is 0. The Kier molecular flexibility index (Phi) is 5.71. The van der Waals surface area contributed by atoms with Gasteiger partial charge in [0.15, 0.2) is 0 Å². The van der Waals surface area contributed by atoms with Crippen molar-refractivity contribution in [2.45, 2.75) is 34.2 Å². The number of hydrogen-bond donors (Lipinski definition) is 0. The Morgan fingerprint density at radius 3 is 2.47 bits per heavy atom. The lowest BCUT2D eigenvalue weighted by atomic mass is 10.1. The van der Waals surface area contributed by atoms with Crippen LogP contribution in [0.3, 0.4) is 0 Å². The standard InChI is InChI=1S/C23H27ClN4O2/c1-15-12-21(17(3)28(15)20-7-5-6-19(24)13-20)23(29)27-10-8-26(9-11-27)14-22-16(2)25-30-18(22)4/h5-7,12-13H,8-11,14H2,1-4H3. The van der Waals surface area contributed by atoms with Crippen molar-refractivity contribution in [2.24, 2.45) is 0 Å². The summed E-state index contributed by atoms with van der Waals surface area (Å²) in [6.45, 7) is 11.8. The maximum atomic E-state index is 13.3. The monoisotopic (exact) mass is 426 g/mol. The molecule has 0 bridgehead atoms. The predicted molar refractivity (Wildman–Crippen MR) is 117 cm³/mol. The number of amides is 1. The van der Waals surface area contributed by atoms with Crippen molar-refractivity contribution < 1.29 is 9.32 Å². The molecule has 6 nitrogen and oxygen atoms in total. The van der Waals surface area contributed by atoms with Crippen LogP contribution in [0.25, 0.3) is 5.69 Å². The zero-order chi connectivity index (χ0) is 21.4. The van der Waals surface area contributed by atoms with Gasteiger partial charge in [0.1, 0.15) is 5.76 Å². The molecule has 1 aliphatic rings. The third kappa shape index (κ3) is 3.89. The quantitative estimate of drug-likeness (QED) is 0.623. The Morgan fingerprint density at radius 1 is 1.10 bits per heavy atom. The fourth-order valence-electron chi connectivity index (χ4n) is 4.22. The van der Waals surface area contributed by atoms with Gasteiger partial charge in [-0.15, -0.1) is 0 Å². The summed E-state index contributed by atoms with van der Waals surface area (Å²) in [4.78, 5) is 17.6. The molecule has 0 spiro atoms. The minimum atomic E-state index is 0.0911. The average molecular weight is 427 g/mol. The third-order valence-electron chi connectivity index (χ3n) is 5.95. The number of aromatic nitrogens is 2. The van der Waals surface area contributed by atoms with Gasteiger partial charge in [-0.1, -0.05) is 22.8 Å². The van der Waals surface area contributed by atoms with Gasteiger partial charge >= 0.3 is 0 Å². The van der Waals surface area contributed by atoms with Gasteiger partial charge in [-0.25, -0.2) is 0 Å². The van der Waals surface area contributed by atoms with Gasteiger partial charge in [0.05, 0.1) is 11.3 Å². The first-order valence-corrected chi connectivity index (χ1v) is 10.6. The van der Waals surface area contributed by atoms with E-state index in [1.165, 1.54) is 0 Å². The molecule has 30 heavy (non-hydrogen) atoms. The second-order valence-electron chi connectivity index (χ2n) is 7.97. The molecule has 158 valence electrons. The largest absolute Gasteiger partial charge is 0.361 e. The summed E-state index contributed by atoms with van der Waals surface area (Å²) in [5, 5.41) is 4.72. The Bertz CT molecular complexity index is 1060. The summed E-state index contributed by atoms with van der Waals surface area (Å²) in [6.07, 6.45) is 0. The fourth-order valence-corrected chi connectivity index (χ4v) is 4.41. The van der Waals surface area contributed by atoms with Crippen LogP contribution in [-0.2, 0) is 6.54 Å². The van der Waals surface area contributed by atoms with Crippen molar-refractivity contribution in [2.75, 3.05) is 26.2 Å². The van der Waals surface area contributed by atoms with Crippen LogP contribution in [0.4, 0.5) is 0 Å². The van der Waals surface area contributed by atoms with Gasteiger partial charge in [-0.2, -0.15) is 0 Å². The highest BCUT2D eigenvalue weighted by Crippen LogP contribution is 2.24. The topological polar surface area (TPSA) is 54.5 Å². The maximum Gasteiger partial charge on any atom is 0.255 e. The Hall–Kier alpha value is -2.57. The van der Waals surface area contributed by atoms with Crippen molar-refractivity contribution in [1.82, 2.24) is 19.5 Å². The molecule has 0 aliphatic carbocycles. The first-order valence-electron chi connectivity index (χ1n) is 10.2. The highest BCUT2D eigenvalue weighted by Gasteiger charge is 2.26. The highest BCUT2D eigenvalue weighted by molar-refractivity contribution is 6.30. The number of nitrogens with zero attached hydrogens (tertiary/aromatic N) is 4. The Balaban J connectivity index is 1.47. The van der Waals surface area contributed by atoms with Crippen LogP contribution in [0, 0.1) is 27.7 Å². The first kappa shape index (κ1) is 20.7. The van der Waals surface area contributed by atoms with E-state index in [2.05, 4.69) is 14.6 Å². The Morgan fingerprint density at radius 2 is 1.83 bits per heavy atom. The number of halogens is 1. The third-order valence-corrected chi connectivity index (χ3v) is 6.19. The van der Waals surface area contributed by atoms with Crippen molar-refractivity contribution in [1.29, 1.82) is 0 Å². The van der Waals surface area contributed by atoms with Crippen LogP contribution >= 0.6 is 11.6 Å². The smallest absolute Gasteiger partial charge is 0.255 e. The van der Waals surface area contributed by atoms with E-state index in [0.717, 1.165) is 59.3 Å². The van der Waals surface area contributed by atoms with Crippen LogP contribution < -0.4 is 0 Å². The molecule has 1 saturated heterocycles. The van der Waals surface area contributed by atoms with E-state index >= 15 is 0 Å². The van der Waals surface area contributed by atoms with E-state index in [1.54, 1.807) is 0 Å². The van der Waals surface area contributed by atoms with E-state index < -0.39 is 0 Å². The van der Waals surface area contributed by atoms with Gasteiger partial charge in [-0.05, 0) is 52.0 Å². The molecule has 0 unspecified atom stereocenters. The molecule has 0 saturated carbocycles. The molecule has 0 atom stereocenters. The lowest BCUT2D eigenvalue weighted by molar-refractivity contribution is 0.0627. The van der Waals surface area contributed by atoms with Crippen LogP contribution in [-0.4, -0.2) is 51.6 Å². The molecule has 3 aromatic rings. The lowest BCUT2D eigenvalue weighted by Gasteiger charge is -2.34. The summed E-state index contributed by atoms with van der Waals surface area (Å²) < 4.78 is 7.36. The second-order valence-corrected chi connectivity index (χ2v) is 8.41. The molecular weight excluding hydrogens is 400 g/mol. The summed E-state index contributed by atoms with van der Waals surface area (Å²) in [5.41, 5.74) is 5.79. The maximum absolute atomic E-state index is 13.3. The Labute approximate surface area is 182 Å². The lowest BCUT2D eigenvalue weighted by Crippen LogP contribution is -2.48. The van der Waals surface area contributed by atoms with E-state index in [0.29, 0.717) is 18.1 Å². The van der Waals surface area contributed by atoms with Gasteiger partial charge in [-0.3, -0.25) is 9.69 Å². The number of hydrogen-bond acceptors (Lipinski definition) is 4. The second kappa shape index (κ2) is 8.28. The summed E-state index contributed by atoms with van der Waals surface area (Å²) in [6, 6.07) is 9.69. The minimum absolute atomic E-state index is 0.0911. The normalized spacial score (nSPS) is 15.0. The molecule has 1 amide bonds. The first-order chi connectivity index (χ1) is 14.3. The molecule has 7 heteroatoms. The summed E-state index contributed by atoms with van der Waals surface area (Å²) >= 11 is 6.17. The van der Waals surface area contributed by atoms with Gasteiger partial charge in [0, 0.05) is 60.4 Å². The number of benzene rings is 1. The number of rotatable bonds is 4. The number of carbonyl (C=O) groups is 1. The minimum Gasteiger partial charge on any atom is -0.361 e. The average Bonchev–Trinajstić information content (AvgIpc) is 3.20. The fraction of sp³-hybridized carbons (Fsp3) is 0.391. The number of carbonyl (C=O) groups excluding carboxylic acids is 1. The van der Waals surface area contributed by atoms with E-state index in [1.807, 2.05) is 62.9 Å². The molecule has 1 aliphatic heterocycles. The number of aryl methyl sites for hydroxylation is 3. The van der Waals surface area contributed by atoms with E-state index in [9.17, 15) is 4.79 Å². The van der Waals surface area contributed by atoms with Gasteiger partial charge in [0.25, 0.3) is 5.91 Å². The highest BCUT2D eigenvalue weighted by atomic mass is 35.5.